The van der Waals surface area contributed by atoms with Crippen molar-refractivity contribution < 1.29 is 5.11 Å². The minimum absolute atomic E-state index is 0.258. The number of aliphatic hydroxyl groups is 1. The molecule has 1 unspecified atom stereocenters. The lowest BCUT2D eigenvalue weighted by Gasteiger charge is -2.27. The summed E-state index contributed by atoms with van der Waals surface area (Å²) in [5.41, 5.74) is 1.08. The van der Waals surface area contributed by atoms with Gasteiger partial charge in [-0.15, -0.1) is 11.8 Å². The van der Waals surface area contributed by atoms with Gasteiger partial charge in [0.1, 0.15) is 0 Å². The normalized spacial score (nSPS) is 18.1. The van der Waals surface area contributed by atoms with Gasteiger partial charge in [-0.2, -0.15) is 0 Å². The predicted octanol–water partition coefficient (Wildman–Crippen LogP) is 4.02. The summed E-state index contributed by atoms with van der Waals surface area (Å²) < 4.78 is 0. The summed E-state index contributed by atoms with van der Waals surface area (Å²) in [4.78, 5) is 1.29. The second-order valence-corrected chi connectivity index (χ2v) is 5.89. The molecule has 0 amide bonds. The minimum atomic E-state index is -0.258. The number of rotatable bonds is 5. The van der Waals surface area contributed by atoms with Crippen molar-refractivity contribution in [3.63, 3.8) is 0 Å². The number of thioether (sulfide) groups is 1. The monoisotopic (exact) mass is 236 g/mol. The minimum Gasteiger partial charge on any atom is -0.388 e. The van der Waals surface area contributed by atoms with Crippen molar-refractivity contribution in [1.82, 2.24) is 0 Å². The van der Waals surface area contributed by atoms with Gasteiger partial charge in [0.15, 0.2) is 0 Å². The van der Waals surface area contributed by atoms with Gasteiger partial charge in [-0.1, -0.05) is 38.3 Å². The van der Waals surface area contributed by atoms with Crippen LogP contribution in [-0.4, -0.2) is 10.9 Å². The number of benzene rings is 1. The molecule has 2 heteroatoms. The third-order valence-electron chi connectivity index (χ3n) is 3.36. The number of hydrogen-bond acceptors (Lipinski definition) is 2. The van der Waals surface area contributed by atoms with Gasteiger partial charge in [0, 0.05) is 4.90 Å². The van der Waals surface area contributed by atoms with Gasteiger partial charge >= 0.3 is 0 Å². The van der Waals surface area contributed by atoms with Gasteiger partial charge < -0.3 is 5.11 Å². The summed E-state index contributed by atoms with van der Waals surface area (Å²) >= 11 is 1.84. The molecular formula is C14H20OS. The molecule has 88 valence electrons. The average Bonchev–Trinajstić information content (AvgIpc) is 2.25. The van der Waals surface area contributed by atoms with E-state index < -0.39 is 0 Å². The SMILES string of the molecule is CCSc1ccc(C(O)CC2CCC2)cc1. The maximum absolute atomic E-state index is 10.1. The van der Waals surface area contributed by atoms with Crippen LogP contribution in [0.25, 0.3) is 0 Å². The maximum atomic E-state index is 10.1. The maximum Gasteiger partial charge on any atom is 0.0792 e. The summed E-state index contributed by atoms with van der Waals surface area (Å²) in [5.74, 6) is 1.86. The van der Waals surface area contributed by atoms with Crippen LogP contribution in [-0.2, 0) is 0 Å². The van der Waals surface area contributed by atoms with Crippen LogP contribution in [0.4, 0.5) is 0 Å². The Balaban J connectivity index is 1.91. The molecule has 1 aromatic carbocycles. The van der Waals surface area contributed by atoms with Gasteiger partial charge in [-0.3, -0.25) is 0 Å². The van der Waals surface area contributed by atoms with Crippen LogP contribution < -0.4 is 0 Å². The van der Waals surface area contributed by atoms with Crippen molar-refractivity contribution >= 4 is 11.8 Å². The Morgan fingerprint density at radius 1 is 1.31 bits per heavy atom. The molecule has 0 aromatic heterocycles. The summed E-state index contributed by atoms with van der Waals surface area (Å²) in [7, 11) is 0. The quantitative estimate of drug-likeness (QED) is 0.779. The fourth-order valence-corrected chi connectivity index (χ4v) is 2.80. The fraction of sp³-hybridized carbons (Fsp3) is 0.571. The van der Waals surface area contributed by atoms with Crippen LogP contribution in [0.3, 0.4) is 0 Å². The fourth-order valence-electron chi connectivity index (χ4n) is 2.13. The zero-order valence-electron chi connectivity index (χ0n) is 9.86. The molecule has 1 N–H and O–H groups in total. The van der Waals surface area contributed by atoms with E-state index in [1.54, 1.807) is 0 Å². The Bertz CT molecular complexity index is 316. The second kappa shape index (κ2) is 5.74. The van der Waals surface area contributed by atoms with E-state index in [9.17, 15) is 5.11 Å². The Morgan fingerprint density at radius 2 is 2.00 bits per heavy atom. The highest BCUT2D eigenvalue weighted by atomic mass is 32.2. The van der Waals surface area contributed by atoms with Crippen molar-refractivity contribution in [1.29, 1.82) is 0 Å². The first-order valence-electron chi connectivity index (χ1n) is 6.20. The zero-order valence-corrected chi connectivity index (χ0v) is 10.7. The van der Waals surface area contributed by atoms with Crippen molar-refractivity contribution in [2.24, 2.45) is 5.92 Å². The molecule has 0 aliphatic heterocycles. The molecule has 1 fully saturated rings. The number of hydrogen-bond donors (Lipinski definition) is 1. The van der Waals surface area contributed by atoms with Crippen molar-refractivity contribution in [3.05, 3.63) is 29.8 Å². The van der Waals surface area contributed by atoms with Gasteiger partial charge in [0.2, 0.25) is 0 Å². The van der Waals surface area contributed by atoms with E-state index in [1.807, 2.05) is 11.8 Å². The molecule has 0 heterocycles. The molecule has 0 saturated heterocycles. The van der Waals surface area contributed by atoms with E-state index in [0.717, 1.165) is 23.7 Å². The lowest BCUT2D eigenvalue weighted by molar-refractivity contribution is 0.118. The lowest BCUT2D eigenvalue weighted by atomic mass is 9.80. The summed E-state index contributed by atoms with van der Waals surface area (Å²) in [6.07, 6.45) is 4.65. The Morgan fingerprint density at radius 3 is 2.50 bits per heavy atom. The Kier molecular flexibility index (Phi) is 4.30. The first-order valence-corrected chi connectivity index (χ1v) is 7.19. The molecule has 1 nitrogen and oxygen atoms in total. The van der Waals surface area contributed by atoms with Gasteiger partial charge in [-0.05, 0) is 35.8 Å². The molecule has 1 atom stereocenters. The summed E-state index contributed by atoms with van der Waals surface area (Å²) in [5, 5.41) is 10.1. The molecule has 1 saturated carbocycles. The van der Waals surface area contributed by atoms with E-state index >= 15 is 0 Å². The molecule has 1 aromatic rings. The molecule has 0 radical (unpaired) electrons. The third kappa shape index (κ3) is 3.02. The highest BCUT2D eigenvalue weighted by Gasteiger charge is 2.21. The van der Waals surface area contributed by atoms with Crippen molar-refractivity contribution in [3.8, 4) is 0 Å². The van der Waals surface area contributed by atoms with E-state index in [4.69, 9.17) is 0 Å². The predicted molar refractivity (Wildman–Crippen MR) is 69.8 cm³/mol. The van der Waals surface area contributed by atoms with Crippen LogP contribution in [0.1, 0.15) is 44.3 Å². The standard InChI is InChI=1S/C14H20OS/c1-2-16-13-8-6-12(7-9-13)14(15)10-11-4-3-5-11/h6-9,11,14-15H,2-5,10H2,1H3. The number of aliphatic hydroxyl groups excluding tert-OH is 1. The molecular weight excluding hydrogens is 216 g/mol. The van der Waals surface area contributed by atoms with Crippen LogP contribution in [0.2, 0.25) is 0 Å². The van der Waals surface area contributed by atoms with E-state index in [0.29, 0.717) is 0 Å². The summed E-state index contributed by atoms with van der Waals surface area (Å²) in [6.45, 7) is 2.16. The molecule has 0 bridgehead atoms. The largest absolute Gasteiger partial charge is 0.388 e. The van der Waals surface area contributed by atoms with Crippen molar-refractivity contribution in [2.45, 2.75) is 43.6 Å². The topological polar surface area (TPSA) is 20.2 Å². The molecule has 1 aliphatic carbocycles. The third-order valence-corrected chi connectivity index (χ3v) is 4.25. The van der Waals surface area contributed by atoms with E-state index in [1.165, 1.54) is 24.2 Å². The van der Waals surface area contributed by atoms with E-state index in [2.05, 4.69) is 31.2 Å². The summed E-state index contributed by atoms with van der Waals surface area (Å²) in [6, 6.07) is 8.38. The first kappa shape index (κ1) is 12.0. The molecule has 0 spiro atoms. The van der Waals surface area contributed by atoms with Gasteiger partial charge in [-0.25, -0.2) is 0 Å². The van der Waals surface area contributed by atoms with Crippen LogP contribution >= 0.6 is 11.8 Å². The van der Waals surface area contributed by atoms with Crippen LogP contribution in [0, 0.1) is 5.92 Å². The Labute approximate surface area is 102 Å². The van der Waals surface area contributed by atoms with Crippen LogP contribution in [0.15, 0.2) is 29.2 Å². The molecule has 2 rings (SSSR count). The highest BCUT2D eigenvalue weighted by Crippen LogP contribution is 2.34. The smallest absolute Gasteiger partial charge is 0.0792 e. The average molecular weight is 236 g/mol. The first-order chi connectivity index (χ1) is 7.79. The van der Waals surface area contributed by atoms with Gasteiger partial charge in [0.05, 0.1) is 6.10 Å². The molecule has 1 aliphatic rings. The second-order valence-electron chi connectivity index (χ2n) is 4.55. The highest BCUT2D eigenvalue weighted by molar-refractivity contribution is 7.99. The lowest BCUT2D eigenvalue weighted by Crippen LogP contribution is -2.14. The van der Waals surface area contributed by atoms with Crippen LogP contribution in [0.5, 0.6) is 0 Å². The Hall–Kier alpha value is -0.470. The van der Waals surface area contributed by atoms with Gasteiger partial charge in [0.25, 0.3) is 0 Å². The van der Waals surface area contributed by atoms with Crippen molar-refractivity contribution in [2.75, 3.05) is 5.75 Å². The van der Waals surface area contributed by atoms with E-state index in [-0.39, 0.29) is 6.10 Å². The zero-order chi connectivity index (χ0) is 11.4. The molecule has 16 heavy (non-hydrogen) atoms.